The Hall–Kier alpha value is -2.18. The molecule has 1 aromatic heterocycles. The van der Waals surface area contributed by atoms with Crippen LogP contribution in [-0.2, 0) is 22.7 Å². The van der Waals surface area contributed by atoms with E-state index in [1.165, 1.54) is 11.3 Å². The van der Waals surface area contributed by atoms with Crippen LogP contribution in [0.3, 0.4) is 0 Å². The molecule has 1 heterocycles. The first kappa shape index (κ1) is 19.1. The van der Waals surface area contributed by atoms with Crippen molar-refractivity contribution in [3.05, 3.63) is 57.8 Å². The Morgan fingerprint density at radius 3 is 2.52 bits per heavy atom. The first-order chi connectivity index (χ1) is 12.1. The lowest BCUT2D eigenvalue weighted by molar-refractivity contribution is -0.121. The fourth-order valence-corrected chi connectivity index (χ4v) is 2.83. The van der Waals surface area contributed by atoms with E-state index >= 15 is 0 Å². The first-order valence-corrected chi connectivity index (χ1v) is 9.21. The lowest BCUT2D eigenvalue weighted by atomic mass is 10.1. The second-order valence-corrected chi connectivity index (χ2v) is 6.84. The van der Waals surface area contributed by atoms with Gasteiger partial charge < -0.3 is 15.4 Å². The number of ether oxygens (including phenoxy) is 1. The van der Waals surface area contributed by atoms with E-state index in [-0.39, 0.29) is 24.3 Å². The zero-order valence-electron chi connectivity index (χ0n) is 14.6. The Bertz CT molecular complexity index is 684. The minimum absolute atomic E-state index is 0.0916. The SMILES string of the molecule is CC(C)OCc1ccccc1CNC(=O)CCNC(=O)c1cccs1. The molecule has 2 aromatic rings. The molecule has 0 aliphatic rings. The van der Waals surface area contributed by atoms with Crippen molar-refractivity contribution in [2.24, 2.45) is 0 Å². The Kier molecular flexibility index (Phi) is 7.63. The van der Waals surface area contributed by atoms with E-state index in [2.05, 4.69) is 10.6 Å². The highest BCUT2D eigenvalue weighted by Gasteiger charge is 2.08. The molecule has 0 unspecified atom stereocenters. The number of benzene rings is 1. The van der Waals surface area contributed by atoms with Gasteiger partial charge in [-0.15, -0.1) is 11.3 Å². The van der Waals surface area contributed by atoms with E-state index in [9.17, 15) is 9.59 Å². The highest BCUT2D eigenvalue weighted by Crippen LogP contribution is 2.11. The summed E-state index contributed by atoms with van der Waals surface area (Å²) in [4.78, 5) is 24.4. The van der Waals surface area contributed by atoms with Crippen molar-refractivity contribution < 1.29 is 14.3 Å². The largest absolute Gasteiger partial charge is 0.374 e. The molecule has 0 bridgehead atoms. The van der Waals surface area contributed by atoms with Gasteiger partial charge in [0.2, 0.25) is 5.91 Å². The van der Waals surface area contributed by atoms with Crippen LogP contribution in [0.25, 0.3) is 0 Å². The van der Waals surface area contributed by atoms with Gasteiger partial charge in [0.25, 0.3) is 5.91 Å². The molecular weight excluding hydrogens is 336 g/mol. The lowest BCUT2D eigenvalue weighted by Crippen LogP contribution is -2.30. The minimum Gasteiger partial charge on any atom is -0.374 e. The fraction of sp³-hybridized carbons (Fsp3) is 0.368. The monoisotopic (exact) mass is 360 g/mol. The van der Waals surface area contributed by atoms with Crippen LogP contribution in [0.1, 0.15) is 41.1 Å². The van der Waals surface area contributed by atoms with Crippen LogP contribution < -0.4 is 10.6 Å². The van der Waals surface area contributed by atoms with Gasteiger partial charge in [-0.25, -0.2) is 0 Å². The lowest BCUT2D eigenvalue weighted by Gasteiger charge is -2.13. The predicted octanol–water partition coefficient (Wildman–Crippen LogP) is 3.11. The molecule has 2 N–H and O–H groups in total. The van der Waals surface area contributed by atoms with E-state index in [4.69, 9.17) is 4.74 Å². The third-order valence-electron chi connectivity index (χ3n) is 3.55. The van der Waals surface area contributed by atoms with Crippen molar-refractivity contribution in [1.29, 1.82) is 0 Å². The second kappa shape index (κ2) is 9.96. The molecule has 1 aromatic carbocycles. The summed E-state index contributed by atoms with van der Waals surface area (Å²) in [5.74, 6) is -0.231. The number of nitrogens with one attached hydrogen (secondary N) is 2. The van der Waals surface area contributed by atoms with Crippen LogP contribution in [-0.4, -0.2) is 24.5 Å². The van der Waals surface area contributed by atoms with E-state index in [0.717, 1.165) is 11.1 Å². The summed E-state index contributed by atoms with van der Waals surface area (Å²) in [6.07, 6.45) is 0.413. The standard InChI is InChI=1S/C19H24N2O3S/c1-14(2)24-13-16-7-4-3-6-15(16)12-21-18(22)9-10-20-19(23)17-8-5-11-25-17/h3-8,11,14H,9-10,12-13H2,1-2H3,(H,20,23)(H,21,22). The van der Waals surface area contributed by atoms with Gasteiger partial charge in [0, 0.05) is 19.5 Å². The molecule has 0 fully saturated rings. The van der Waals surface area contributed by atoms with Crippen LogP contribution in [0.5, 0.6) is 0 Å². The van der Waals surface area contributed by atoms with Crippen molar-refractivity contribution in [3.8, 4) is 0 Å². The molecule has 6 heteroatoms. The molecule has 0 saturated heterocycles. The minimum atomic E-state index is -0.140. The summed E-state index contributed by atoms with van der Waals surface area (Å²) in [6, 6.07) is 11.5. The van der Waals surface area contributed by atoms with E-state index in [1.54, 1.807) is 6.07 Å². The van der Waals surface area contributed by atoms with Gasteiger partial charge in [-0.05, 0) is 36.4 Å². The van der Waals surface area contributed by atoms with Gasteiger partial charge in [0.05, 0.1) is 17.6 Å². The van der Waals surface area contributed by atoms with Crippen molar-refractivity contribution in [2.45, 2.75) is 39.5 Å². The zero-order chi connectivity index (χ0) is 18.1. The number of thiophene rings is 1. The molecule has 0 atom stereocenters. The molecule has 0 saturated carbocycles. The second-order valence-electron chi connectivity index (χ2n) is 5.89. The third-order valence-corrected chi connectivity index (χ3v) is 4.42. The molecular formula is C19H24N2O3S. The van der Waals surface area contributed by atoms with E-state index in [0.29, 0.717) is 24.6 Å². The summed E-state index contributed by atoms with van der Waals surface area (Å²) < 4.78 is 5.64. The smallest absolute Gasteiger partial charge is 0.261 e. The number of carbonyl (C=O) groups excluding carboxylic acids is 2. The Balaban J connectivity index is 1.73. The van der Waals surface area contributed by atoms with E-state index in [1.807, 2.05) is 49.6 Å². The van der Waals surface area contributed by atoms with Crippen LogP contribution in [0.2, 0.25) is 0 Å². The van der Waals surface area contributed by atoms with Gasteiger partial charge in [0.15, 0.2) is 0 Å². The maximum absolute atomic E-state index is 12.0. The molecule has 0 aliphatic carbocycles. The van der Waals surface area contributed by atoms with E-state index < -0.39 is 0 Å². The highest BCUT2D eigenvalue weighted by atomic mass is 32.1. The molecule has 134 valence electrons. The molecule has 0 aliphatic heterocycles. The Morgan fingerprint density at radius 1 is 1.08 bits per heavy atom. The summed E-state index contributed by atoms with van der Waals surface area (Å²) in [6.45, 7) is 5.29. The van der Waals surface area contributed by atoms with Crippen molar-refractivity contribution >= 4 is 23.2 Å². The summed E-state index contributed by atoms with van der Waals surface area (Å²) in [5.41, 5.74) is 2.11. The topological polar surface area (TPSA) is 67.4 Å². The maximum atomic E-state index is 12.0. The summed E-state index contributed by atoms with van der Waals surface area (Å²) >= 11 is 1.38. The van der Waals surface area contributed by atoms with Gasteiger partial charge in [-0.2, -0.15) is 0 Å². The molecule has 0 radical (unpaired) electrons. The maximum Gasteiger partial charge on any atom is 0.261 e. The average molecular weight is 360 g/mol. The van der Waals surface area contributed by atoms with Crippen LogP contribution in [0.4, 0.5) is 0 Å². The van der Waals surface area contributed by atoms with Crippen LogP contribution >= 0.6 is 11.3 Å². The van der Waals surface area contributed by atoms with Crippen LogP contribution in [0.15, 0.2) is 41.8 Å². The van der Waals surface area contributed by atoms with Gasteiger partial charge in [-0.1, -0.05) is 30.3 Å². The quantitative estimate of drug-likeness (QED) is 0.722. The molecule has 0 spiro atoms. The van der Waals surface area contributed by atoms with Crippen molar-refractivity contribution in [3.63, 3.8) is 0 Å². The number of hydrogen-bond acceptors (Lipinski definition) is 4. The highest BCUT2D eigenvalue weighted by molar-refractivity contribution is 7.12. The molecule has 2 rings (SSSR count). The summed E-state index contributed by atoms with van der Waals surface area (Å²) in [5, 5.41) is 7.49. The number of amides is 2. The van der Waals surface area contributed by atoms with Crippen LogP contribution in [0, 0.1) is 0 Å². The Morgan fingerprint density at radius 2 is 1.84 bits per heavy atom. The predicted molar refractivity (Wildman–Crippen MR) is 99.5 cm³/mol. The van der Waals surface area contributed by atoms with Gasteiger partial charge in [-0.3, -0.25) is 9.59 Å². The number of rotatable bonds is 9. The van der Waals surface area contributed by atoms with Gasteiger partial charge in [0.1, 0.15) is 0 Å². The summed E-state index contributed by atoms with van der Waals surface area (Å²) in [7, 11) is 0. The zero-order valence-corrected chi connectivity index (χ0v) is 15.4. The van der Waals surface area contributed by atoms with Crippen molar-refractivity contribution in [1.82, 2.24) is 10.6 Å². The average Bonchev–Trinajstić information content (AvgIpc) is 3.13. The van der Waals surface area contributed by atoms with Crippen molar-refractivity contribution in [2.75, 3.05) is 6.54 Å². The third kappa shape index (κ3) is 6.68. The number of carbonyl (C=O) groups is 2. The fourth-order valence-electron chi connectivity index (χ4n) is 2.19. The molecule has 5 nitrogen and oxygen atoms in total. The van der Waals surface area contributed by atoms with Gasteiger partial charge >= 0.3 is 0 Å². The first-order valence-electron chi connectivity index (χ1n) is 8.33. The normalized spacial score (nSPS) is 10.7. The Labute approximate surface area is 152 Å². The molecule has 2 amide bonds. The molecule has 25 heavy (non-hydrogen) atoms. The number of hydrogen-bond donors (Lipinski definition) is 2.